The predicted octanol–water partition coefficient (Wildman–Crippen LogP) is 1.23. The molecule has 5 nitrogen and oxygen atoms in total. The topological polar surface area (TPSA) is 66.5 Å². The van der Waals surface area contributed by atoms with Gasteiger partial charge in [-0.1, -0.05) is 13.0 Å². The van der Waals surface area contributed by atoms with Crippen LogP contribution in [0.4, 0.5) is 0 Å². The van der Waals surface area contributed by atoms with Crippen LogP contribution in [0, 0.1) is 0 Å². The average molecular weight is 262 g/mol. The third-order valence-corrected chi connectivity index (χ3v) is 2.91. The molecule has 3 amide bonds. The molecule has 0 saturated heterocycles. The maximum Gasteiger partial charge on any atom is 0.261 e. The van der Waals surface area contributed by atoms with Gasteiger partial charge in [0.2, 0.25) is 5.91 Å². The lowest BCUT2D eigenvalue weighted by atomic mass is 10.0. The Morgan fingerprint density at radius 1 is 1.21 bits per heavy atom. The van der Waals surface area contributed by atoms with Gasteiger partial charge >= 0.3 is 0 Å². The third kappa shape index (κ3) is 3.19. The van der Waals surface area contributed by atoms with E-state index in [0.717, 1.165) is 16.9 Å². The van der Waals surface area contributed by atoms with Crippen molar-refractivity contribution >= 4 is 17.7 Å². The van der Waals surface area contributed by atoms with E-state index in [1.165, 1.54) is 14.0 Å². The minimum atomic E-state index is -0.201. The van der Waals surface area contributed by atoms with Crippen LogP contribution in [0.5, 0.6) is 0 Å². The molecule has 1 N–H and O–H groups in total. The SMILES string of the molecule is CCc1ccc2c(c1)C(=O)N(C)C2=O.CNC(C)=O. The molecule has 2 rings (SSSR count). The Morgan fingerprint density at radius 2 is 1.74 bits per heavy atom. The van der Waals surface area contributed by atoms with Crippen LogP contribution >= 0.6 is 0 Å². The van der Waals surface area contributed by atoms with Gasteiger partial charge in [-0.2, -0.15) is 0 Å². The van der Waals surface area contributed by atoms with Crippen LogP contribution in [0.2, 0.25) is 0 Å². The normalized spacial score (nSPS) is 12.7. The van der Waals surface area contributed by atoms with Crippen molar-refractivity contribution < 1.29 is 14.4 Å². The molecule has 0 atom stereocenters. The summed E-state index contributed by atoms with van der Waals surface area (Å²) in [4.78, 5) is 34.0. The molecule has 1 aromatic carbocycles. The van der Waals surface area contributed by atoms with Crippen molar-refractivity contribution in [2.45, 2.75) is 20.3 Å². The van der Waals surface area contributed by atoms with Crippen LogP contribution in [0.3, 0.4) is 0 Å². The van der Waals surface area contributed by atoms with Gasteiger partial charge in [-0.05, 0) is 24.1 Å². The summed E-state index contributed by atoms with van der Waals surface area (Å²) >= 11 is 0. The molecule has 1 aliphatic rings. The molecule has 0 spiro atoms. The molecule has 0 aromatic heterocycles. The Labute approximate surface area is 112 Å². The van der Waals surface area contributed by atoms with Crippen molar-refractivity contribution in [3.63, 3.8) is 0 Å². The summed E-state index contributed by atoms with van der Waals surface area (Å²) < 4.78 is 0. The van der Waals surface area contributed by atoms with Crippen LogP contribution in [0.15, 0.2) is 18.2 Å². The number of nitrogens with one attached hydrogen (secondary N) is 1. The van der Waals surface area contributed by atoms with Crippen LogP contribution in [-0.4, -0.2) is 36.7 Å². The first-order valence-corrected chi connectivity index (χ1v) is 6.06. The fraction of sp³-hybridized carbons (Fsp3) is 0.357. The van der Waals surface area contributed by atoms with Gasteiger partial charge in [0, 0.05) is 21.0 Å². The predicted molar refractivity (Wildman–Crippen MR) is 72.0 cm³/mol. The summed E-state index contributed by atoms with van der Waals surface area (Å²) in [5.74, 6) is -0.391. The molecule has 1 aliphatic heterocycles. The summed E-state index contributed by atoms with van der Waals surface area (Å²) in [7, 11) is 3.11. The number of aryl methyl sites for hydroxylation is 1. The summed E-state index contributed by atoms with van der Waals surface area (Å²) in [6, 6.07) is 5.43. The van der Waals surface area contributed by atoms with E-state index in [-0.39, 0.29) is 17.7 Å². The molecule has 19 heavy (non-hydrogen) atoms. The maximum absolute atomic E-state index is 11.6. The number of rotatable bonds is 1. The molecule has 1 aromatic rings. The highest BCUT2D eigenvalue weighted by molar-refractivity contribution is 6.21. The summed E-state index contributed by atoms with van der Waals surface area (Å²) in [6.07, 6.45) is 0.873. The van der Waals surface area contributed by atoms with Gasteiger partial charge in [-0.3, -0.25) is 19.3 Å². The highest BCUT2D eigenvalue weighted by Gasteiger charge is 2.32. The first kappa shape index (κ1) is 14.9. The van der Waals surface area contributed by atoms with Crippen molar-refractivity contribution in [2.75, 3.05) is 14.1 Å². The first-order valence-electron chi connectivity index (χ1n) is 6.06. The van der Waals surface area contributed by atoms with Crippen LogP contribution < -0.4 is 5.32 Å². The monoisotopic (exact) mass is 262 g/mol. The second kappa shape index (κ2) is 6.13. The highest BCUT2D eigenvalue weighted by Crippen LogP contribution is 2.22. The van der Waals surface area contributed by atoms with Crippen molar-refractivity contribution in [2.24, 2.45) is 0 Å². The highest BCUT2D eigenvalue weighted by atomic mass is 16.2. The van der Waals surface area contributed by atoms with Crippen molar-refractivity contribution in [1.82, 2.24) is 10.2 Å². The quantitative estimate of drug-likeness (QED) is 0.774. The lowest BCUT2D eigenvalue weighted by molar-refractivity contribution is -0.118. The van der Waals surface area contributed by atoms with E-state index in [4.69, 9.17) is 0 Å². The fourth-order valence-electron chi connectivity index (χ4n) is 1.63. The zero-order chi connectivity index (χ0) is 14.6. The average Bonchev–Trinajstić information content (AvgIpc) is 2.64. The number of carbonyl (C=O) groups is 3. The third-order valence-electron chi connectivity index (χ3n) is 2.91. The Morgan fingerprint density at radius 3 is 2.21 bits per heavy atom. The minimum Gasteiger partial charge on any atom is -0.359 e. The van der Waals surface area contributed by atoms with Gasteiger partial charge in [-0.15, -0.1) is 0 Å². The van der Waals surface area contributed by atoms with E-state index in [0.29, 0.717) is 11.1 Å². The summed E-state index contributed by atoms with van der Waals surface area (Å²) in [5, 5.41) is 2.39. The molecule has 0 radical (unpaired) electrons. The number of carbonyl (C=O) groups excluding carboxylic acids is 3. The Balaban J connectivity index is 0.000000312. The molecule has 0 unspecified atom stereocenters. The van der Waals surface area contributed by atoms with Gasteiger partial charge < -0.3 is 5.32 Å². The first-order chi connectivity index (χ1) is 8.92. The van der Waals surface area contributed by atoms with E-state index in [2.05, 4.69) is 5.32 Å². The van der Waals surface area contributed by atoms with Crippen LogP contribution in [0.25, 0.3) is 0 Å². The molecule has 0 saturated carbocycles. The van der Waals surface area contributed by atoms with E-state index < -0.39 is 0 Å². The van der Waals surface area contributed by atoms with Gasteiger partial charge in [0.1, 0.15) is 0 Å². The lowest BCUT2D eigenvalue weighted by Gasteiger charge is -2.02. The van der Waals surface area contributed by atoms with Gasteiger partial charge in [-0.25, -0.2) is 0 Å². The molecular weight excluding hydrogens is 244 g/mol. The number of hydrogen-bond donors (Lipinski definition) is 1. The van der Waals surface area contributed by atoms with Gasteiger partial charge in [0.25, 0.3) is 11.8 Å². The van der Waals surface area contributed by atoms with E-state index >= 15 is 0 Å². The Bertz CT molecular complexity index is 523. The maximum atomic E-state index is 11.6. The molecule has 102 valence electrons. The second-order valence-electron chi connectivity index (χ2n) is 4.21. The summed E-state index contributed by atoms with van der Waals surface area (Å²) in [6.45, 7) is 3.49. The van der Waals surface area contributed by atoms with E-state index in [1.807, 2.05) is 13.0 Å². The van der Waals surface area contributed by atoms with Gasteiger partial charge in [0.15, 0.2) is 0 Å². The van der Waals surface area contributed by atoms with Crippen molar-refractivity contribution in [3.05, 3.63) is 34.9 Å². The number of amides is 3. The summed E-state index contributed by atoms with van der Waals surface area (Å²) in [5.41, 5.74) is 2.15. The Kier molecular flexibility index (Phi) is 4.80. The van der Waals surface area contributed by atoms with E-state index in [1.54, 1.807) is 19.2 Å². The second-order valence-corrected chi connectivity index (χ2v) is 4.21. The zero-order valence-electron chi connectivity index (χ0n) is 11.6. The molecule has 0 fully saturated rings. The number of benzene rings is 1. The van der Waals surface area contributed by atoms with E-state index in [9.17, 15) is 14.4 Å². The molecule has 0 aliphatic carbocycles. The number of hydrogen-bond acceptors (Lipinski definition) is 3. The molecule has 0 bridgehead atoms. The lowest BCUT2D eigenvalue weighted by Crippen LogP contribution is -2.24. The molecule has 5 heteroatoms. The van der Waals surface area contributed by atoms with Gasteiger partial charge in [0.05, 0.1) is 11.1 Å². The molecule has 1 heterocycles. The van der Waals surface area contributed by atoms with Crippen LogP contribution in [-0.2, 0) is 11.2 Å². The van der Waals surface area contributed by atoms with Crippen LogP contribution in [0.1, 0.15) is 40.1 Å². The Hall–Kier alpha value is -2.17. The number of nitrogens with zero attached hydrogens (tertiary/aromatic N) is 1. The smallest absolute Gasteiger partial charge is 0.261 e. The molecular formula is C14H18N2O3. The largest absolute Gasteiger partial charge is 0.359 e. The standard InChI is InChI=1S/C11H11NO2.C3H7NO/c1-3-7-4-5-8-9(6-7)11(14)12(2)10(8)13;1-3(5)4-2/h4-6H,3H2,1-2H3;1-2H3,(H,4,5). The van der Waals surface area contributed by atoms with Crippen molar-refractivity contribution in [1.29, 1.82) is 0 Å². The fourth-order valence-corrected chi connectivity index (χ4v) is 1.63. The zero-order valence-corrected chi connectivity index (χ0v) is 11.6. The van der Waals surface area contributed by atoms with Crippen molar-refractivity contribution in [3.8, 4) is 0 Å². The number of imide groups is 1. The number of fused-ring (bicyclic) bond motifs is 1. The minimum absolute atomic E-state index is 0.00463.